The standard InChI is InChI=1S/C16H25N3O4S2/c20-15(17-5-8-18-9-11-23-12-10-18)13-14-3-4-16(24-14)25(21,22)19-6-1-2-7-19/h3-4H,1-2,5-13H2,(H,17,20). The summed E-state index contributed by atoms with van der Waals surface area (Å²) >= 11 is 1.20. The van der Waals surface area contributed by atoms with Crippen LogP contribution in [-0.4, -0.2) is 76.0 Å². The summed E-state index contributed by atoms with van der Waals surface area (Å²) in [6.07, 6.45) is 2.06. The van der Waals surface area contributed by atoms with Crippen LogP contribution in [-0.2, 0) is 26.0 Å². The minimum Gasteiger partial charge on any atom is -0.379 e. The SMILES string of the molecule is O=C(Cc1ccc(S(=O)(=O)N2CCCC2)s1)NCCN1CCOCC1. The molecular formula is C16H25N3O4S2. The Balaban J connectivity index is 1.46. The zero-order valence-electron chi connectivity index (χ0n) is 14.3. The number of hydrogen-bond donors (Lipinski definition) is 1. The molecule has 2 fully saturated rings. The Kier molecular flexibility index (Phi) is 6.45. The third kappa shape index (κ3) is 5.01. The van der Waals surface area contributed by atoms with Gasteiger partial charge < -0.3 is 10.1 Å². The van der Waals surface area contributed by atoms with Crippen LogP contribution >= 0.6 is 11.3 Å². The molecule has 7 nitrogen and oxygen atoms in total. The van der Waals surface area contributed by atoms with Crippen molar-refractivity contribution in [3.05, 3.63) is 17.0 Å². The molecule has 0 radical (unpaired) electrons. The van der Waals surface area contributed by atoms with Gasteiger partial charge in [-0.05, 0) is 25.0 Å². The number of morpholine rings is 1. The second kappa shape index (κ2) is 8.59. The first kappa shape index (κ1) is 18.8. The number of nitrogens with one attached hydrogen (secondary N) is 1. The number of carbonyl (C=O) groups excluding carboxylic acids is 1. The Labute approximate surface area is 153 Å². The summed E-state index contributed by atoms with van der Waals surface area (Å²) in [7, 11) is -3.38. The van der Waals surface area contributed by atoms with Gasteiger partial charge in [-0.15, -0.1) is 11.3 Å². The van der Waals surface area contributed by atoms with E-state index < -0.39 is 10.0 Å². The third-order valence-corrected chi connectivity index (χ3v) is 7.94. The van der Waals surface area contributed by atoms with Crippen molar-refractivity contribution in [2.45, 2.75) is 23.5 Å². The van der Waals surface area contributed by atoms with E-state index in [9.17, 15) is 13.2 Å². The lowest BCUT2D eigenvalue weighted by Crippen LogP contribution is -2.41. The van der Waals surface area contributed by atoms with Gasteiger partial charge in [0.2, 0.25) is 5.91 Å². The quantitative estimate of drug-likeness (QED) is 0.738. The molecule has 9 heteroatoms. The van der Waals surface area contributed by atoms with Crippen LogP contribution < -0.4 is 5.32 Å². The summed E-state index contributed by atoms with van der Waals surface area (Å²) in [5.74, 6) is -0.0692. The number of hydrogen-bond acceptors (Lipinski definition) is 6. The molecule has 2 saturated heterocycles. The van der Waals surface area contributed by atoms with Crippen molar-refractivity contribution in [2.75, 3.05) is 52.5 Å². The number of thiophene rings is 1. The molecule has 0 atom stereocenters. The summed E-state index contributed by atoms with van der Waals surface area (Å²) in [6, 6.07) is 3.36. The number of sulfonamides is 1. The van der Waals surface area contributed by atoms with Crippen LogP contribution in [0.4, 0.5) is 0 Å². The maximum atomic E-state index is 12.5. The van der Waals surface area contributed by atoms with Crippen LogP contribution in [0.1, 0.15) is 17.7 Å². The van der Waals surface area contributed by atoms with Gasteiger partial charge in [0.1, 0.15) is 4.21 Å². The molecule has 3 heterocycles. The van der Waals surface area contributed by atoms with Gasteiger partial charge in [-0.3, -0.25) is 9.69 Å². The first-order valence-electron chi connectivity index (χ1n) is 8.71. The molecule has 1 N–H and O–H groups in total. The van der Waals surface area contributed by atoms with Crippen molar-refractivity contribution >= 4 is 27.3 Å². The molecule has 0 saturated carbocycles. The molecule has 0 spiro atoms. The van der Waals surface area contributed by atoms with Crippen LogP contribution in [0, 0.1) is 0 Å². The van der Waals surface area contributed by atoms with Gasteiger partial charge >= 0.3 is 0 Å². The molecule has 3 rings (SSSR count). The van der Waals surface area contributed by atoms with E-state index in [0.717, 1.165) is 50.6 Å². The van der Waals surface area contributed by atoms with E-state index >= 15 is 0 Å². The van der Waals surface area contributed by atoms with Crippen molar-refractivity contribution in [1.82, 2.24) is 14.5 Å². The highest BCUT2D eigenvalue weighted by Crippen LogP contribution is 2.27. The van der Waals surface area contributed by atoms with Crippen molar-refractivity contribution < 1.29 is 17.9 Å². The molecule has 1 aromatic heterocycles. The van der Waals surface area contributed by atoms with Crippen LogP contribution in [0.2, 0.25) is 0 Å². The predicted molar refractivity (Wildman–Crippen MR) is 96.3 cm³/mol. The zero-order valence-corrected chi connectivity index (χ0v) is 15.9. The van der Waals surface area contributed by atoms with E-state index in [1.54, 1.807) is 12.1 Å². The Hall–Kier alpha value is -1.00. The minimum absolute atomic E-state index is 0.0692. The minimum atomic E-state index is -3.38. The molecule has 0 unspecified atom stereocenters. The molecule has 1 aromatic rings. The molecule has 2 aliphatic heterocycles. The lowest BCUT2D eigenvalue weighted by molar-refractivity contribution is -0.120. The van der Waals surface area contributed by atoms with Crippen molar-refractivity contribution in [3.63, 3.8) is 0 Å². The Bertz CT molecular complexity index is 677. The first-order chi connectivity index (χ1) is 12.1. The third-order valence-electron chi connectivity index (χ3n) is 4.48. The van der Waals surface area contributed by atoms with Crippen molar-refractivity contribution in [2.24, 2.45) is 0 Å². The molecule has 0 aromatic carbocycles. The van der Waals surface area contributed by atoms with E-state index in [4.69, 9.17) is 4.74 Å². The average molecular weight is 388 g/mol. The molecule has 140 valence electrons. The van der Waals surface area contributed by atoms with Gasteiger partial charge in [0.15, 0.2) is 0 Å². The van der Waals surface area contributed by atoms with Crippen LogP contribution in [0.5, 0.6) is 0 Å². The summed E-state index contributed by atoms with van der Waals surface area (Å²) in [6.45, 7) is 5.90. The number of amides is 1. The van der Waals surface area contributed by atoms with Crippen LogP contribution in [0.3, 0.4) is 0 Å². The fourth-order valence-corrected chi connectivity index (χ4v) is 6.07. The van der Waals surface area contributed by atoms with Gasteiger partial charge in [-0.1, -0.05) is 0 Å². The second-order valence-electron chi connectivity index (χ2n) is 6.31. The predicted octanol–water partition coefficient (Wildman–Crippen LogP) is 0.524. The van der Waals surface area contributed by atoms with E-state index in [-0.39, 0.29) is 12.3 Å². The smallest absolute Gasteiger partial charge is 0.252 e. The highest BCUT2D eigenvalue weighted by Gasteiger charge is 2.28. The van der Waals surface area contributed by atoms with E-state index in [1.165, 1.54) is 15.6 Å². The summed E-state index contributed by atoms with van der Waals surface area (Å²) < 4.78 is 32.2. The van der Waals surface area contributed by atoms with E-state index in [0.29, 0.717) is 23.8 Å². The van der Waals surface area contributed by atoms with E-state index in [2.05, 4.69) is 10.2 Å². The molecular weight excluding hydrogens is 362 g/mol. The lowest BCUT2D eigenvalue weighted by Gasteiger charge is -2.26. The van der Waals surface area contributed by atoms with Gasteiger partial charge in [0, 0.05) is 44.1 Å². The number of nitrogens with zero attached hydrogens (tertiary/aromatic N) is 2. The van der Waals surface area contributed by atoms with Crippen LogP contribution in [0.15, 0.2) is 16.3 Å². The fourth-order valence-electron chi connectivity index (χ4n) is 3.05. The molecule has 0 bridgehead atoms. The average Bonchev–Trinajstić information content (AvgIpc) is 3.28. The van der Waals surface area contributed by atoms with E-state index in [1.807, 2.05) is 0 Å². The van der Waals surface area contributed by atoms with Gasteiger partial charge in [-0.25, -0.2) is 8.42 Å². The fraction of sp³-hybridized carbons (Fsp3) is 0.688. The zero-order chi connectivity index (χ0) is 17.7. The van der Waals surface area contributed by atoms with Gasteiger partial charge in [0.05, 0.1) is 19.6 Å². The normalized spacial score (nSPS) is 20.0. The Morgan fingerprint density at radius 2 is 1.88 bits per heavy atom. The maximum absolute atomic E-state index is 12.5. The van der Waals surface area contributed by atoms with Crippen molar-refractivity contribution in [1.29, 1.82) is 0 Å². The highest BCUT2D eigenvalue weighted by molar-refractivity contribution is 7.91. The first-order valence-corrected chi connectivity index (χ1v) is 11.0. The summed E-state index contributed by atoms with van der Waals surface area (Å²) in [4.78, 5) is 15.1. The monoisotopic (exact) mass is 387 g/mol. The van der Waals surface area contributed by atoms with Gasteiger partial charge in [-0.2, -0.15) is 4.31 Å². The topological polar surface area (TPSA) is 79.0 Å². The summed E-state index contributed by atoms with van der Waals surface area (Å²) in [5, 5.41) is 2.91. The molecule has 2 aliphatic rings. The Morgan fingerprint density at radius 3 is 2.60 bits per heavy atom. The largest absolute Gasteiger partial charge is 0.379 e. The number of carbonyl (C=O) groups is 1. The maximum Gasteiger partial charge on any atom is 0.252 e. The number of ether oxygens (including phenoxy) is 1. The molecule has 25 heavy (non-hydrogen) atoms. The van der Waals surface area contributed by atoms with Crippen molar-refractivity contribution in [3.8, 4) is 0 Å². The van der Waals surface area contributed by atoms with Crippen LogP contribution in [0.25, 0.3) is 0 Å². The highest BCUT2D eigenvalue weighted by atomic mass is 32.2. The summed E-state index contributed by atoms with van der Waals surface area (Å²) in [5.41, 5.74) is 0. The van der Waals surface area contributed by atoms with Gasteiger partial charge in [0.25, 0.3) is 10.0 Å². The second-order valence-corrected chi connectivity index (χ2v) is 9.65. The molecule has 1 amide bonds. The molecule has 0 aliphatic carbocycles. The Morgan fingerprint density at radius 1 is 1.16 bits per heavy atom. The lowest BCUT2D eigenvalue weighted by atomic mass is 10.3. The number of rotatable bonds is 7.